The van der Waals surface area contributed by atoms with Crippen molar-refractivity contribution in [2.75, 3.05) is 11.5 Å². The Kier molecular flexibility index (Phi) is 6.80. The molecule has 0 atom stereocenters. The number of hydrogen-bond acceptors (Lipinski definition) is 5. The van der Waals surface area contributed by atoms with Gasteiger partial charge in [-0.15, -0.1) is 0 Å². The lowest BCUT2D eigenvalue weighted by Gasteiger charge is -2.29. The van der Waals surface area contributed by atoms with Gasteiger partial charge in [-0.1, -0.05) is 48.5 Å². The molecule has 0 radical (unpaired) electrons. The molecular formula is C26H22N2O4S. The highest BCUT2D eigenvalue weighted by Crippen LogP contribution is 2.26. The molecule has 0 spiro atoms. The summed E-state index contributed by atoms with van der Waals surface area (Å²) < 4.78 is 11.3. The molecule has 1 aliphatic rings. The predicted molar refractivity (Wildman–Crippen MR) is 131 cm³/mol. The van der Waals surface area contributed by atoms with E-state index in [9.17, 15) is 9.59 Å². The Bertz CT molecular complexity index is 1210. The first kappa shape index (κ1) is 22.2. The van der Waals surface area contributed by atoms with Crippen LogP contribution in [0, 0.1) is 0 Å². The second kappa shape index (κ2) is 10.1. The SMILES string of the molecule is CCOc1cccc(N2C(=O)C(=Cc3ccc(OCc4ccccc4)cc3)C(=O)NC2=S)c1. The highest BCUT2D eigenvalue weighted by Gasteiger charge is 2.34. The molecule has 0 unspecified atom stereocenters. The van der Waals surface area contributed by atoms with E-state index in [1.165, 1.54) is 4.90 Å². The van der Waals surface area contributed by atoms with E-state index in [2.05, 4.69) is 5.32 Å². The van der Waals surface area contributed by atoms with E-state index in [-0.39, 0.29) is 10.7 Å². The Balaban J connectivity index is 1.53. The zero-order valence-electron chi connectivity index (χ0n) is 18.0. The highest BCUT2D eigenvalue weighted by atomic mass is 32.1. The first-order valence-electron chi connectivity index (χ1n) is 10.5. The lowest BCUT2D eigenvalue weighted by Crippen LogP contribution is -2.54. The van der Waals surface area contributed by atoms with Crippen molar-refractivity contribution >= 4 is 40.9 Å². The molecule has 166 valence electrons. The number of nitrogens with one attached hydrogen (secondary N) is 1. The van der Waals surface area contributed by atoms with Gasteiger partial charge in [-0.3, -0.25) is 19.8 Å². The monoisotopic (exact) mass is 458 g/mol. The number of carbonyl (C=O) groups excluding carboxylic acids is 2. The Labute approximate surface area is 197 Å². The molecule has 2 amide bonds. The predicted octanol–water partition coefficient (Wildman–Crippen LogP) is 4.50. The summed E-state index contributed by atoms with van der Waals surface area (Å²) in [7, 11) is 0. The molecule has 33 heavy (non-hydrogen) atoms. The zero-order valence-corrected chi connectivity index (χ0v) is 18.8. The number of hydrogen-bond donors (Lipinski definition) is 1. The van der Waals surface area contributed by atoms with E-state index in [4.69, 9.17) is 21.7 Å². The maximum Gasteiger partial charge on any atom is 0.270 e. The van der Waals surface area contributed by atoms with Gasteiger partial charge in [0.25, 0.3) is 11.8 Å². The molecule has 1 N–H and O–H groups in total. The molecule has 0 bridgehead atoms. The Morgan fingerprint density at radius 3 is 2.39 bits per heavy atom. The quantitative estimate of drug-likeness (QED) is 0.321. The molecule has 0 aromatic heterocycles. The summed E-state index contributed by atoms with van der Waals surface area (Å²) in [6.07, 6.45) is 1.54. The number of thiocarbonyl (C=S) groups is 1. The number of carbonyl (C=O) groups is 2. The average molecular weight is 459 g/mol. The van der Waals surface area contributed by atoms with Gasteiger partial charge in [-0.2, -0.15) is 0 Å². The fourth-order valence-corrected chi connectivity index (χ4v) is 3.62. The minimum absolute atomic E-state index is 0.0108. The van der Waals surface area contributed by atoms with Crippen LogP contribution in [-0.2, 0) is 16.2 Å². The number of ether oxygens (including phenoxy) is 2. The van der Waals surface area contributed by atoms with Crippen LogP contribution in [0.4, 0.5) is 5.69 Å². The largest absolute Gasteiger partial charge is 0.494 e. The van der Waals surface area contributed by atoms with Gasteiger partial charge in [-0.05, 0) is 60.6 Å². The van der Waals surface area contributed by atoms with Gasteiger partial charge in [0.1, 0.15) is 23.7 Å². The normalized spacial score (nSPS) is 14.9. The molecule has 7 heteroatoms. The smallest absolute Gasteiger partial charge is 0.270 e. The van der Waals surface area contributed by atoms with Gasteiger partial charge in [0, 0.05) is 6.07 Å². The summed E-state index contributed by atoms with van der Waals surface area (Å²) in [5.74, 6) is 0.267. The number of rotatable bonds is 7. The number of anilines is 1. The van der Waals surface area contributed by atoms with Crippen molar-refractivity contribution in [1.82, 2.24) is 5.32 Å². The first-order chi connectivity index (χ1) is 16.0. The van der Waals surface area contributed by atoms with Gasteiger partial charge in [0.2, 0.25) is 0 Å². The molecule has 3 aromatic rings. The summed E-state index contributed by atoms with van der Waals surface area (Å²) in [5, 5.41) is 2.62. The average Bonchev–Trinajstić information content (AvgIpc) is 2.82. The minimum Gasteiger partial charge on any atom is -0.494 e. The molecule has 1 heterocycles. The van der Waals surface area contributed by atoms with Crippen molar-refractivity contribution in [1.29, 1.82) is 0 Å². The summed E-state index contributed by atoms with van der Waals surface area (Å²) in [4.78, 5) is 27.0. The van der Waals surface area contributed by atoms with Gasteiger partial charge in [0.15, 0.2) is 5.11 Å². The Morgan fingerprint density at radius 1 is 0.909 bits per heavy atom. The Morgan fingerprint density at radius 2 is 1.67 bits per heavy atom. The second-order valence-corrected chi connectivity index (χ2v) is 7.62. The van der Waals surface area contributed by atoms with Crippen LogP contribution in [0.2, 0.25) is 0 Å². The van der Waals surface area contributed by atoms with E-state index < -0.39 is 11.8 Å². The molecule has 1 fully saturated rings. The van der Waals surface area contributed by atoms with Crippen LogP contribution in [0.25, 0.3) is 6.08 Å². The second-order valence-electron chi connectivity index (χ2n) is 7.23. The first-order valence-corrected chi connectivity index (χ1v) is 10.9. The van der Waals surface area contributed by atoms with Crippen molar-refractivity contribution in [3.05, 3.63) is 95.6 Å². The zero-order chi connectivity index (χ0) is 23.2. The molecule has 1 aliphatic heterocycles. The fourth-order valence-electron chi connectivity index (χ4n) is 3.34. The van der Waals surface area contributed by atoms with E-state index in [1.807, 2.05) is 37.3 Å². The van der Waals surface area contributed by atoms with Crippen molar-refractivity contribution < 1.29 is 19.1 Å². The van der Waals surface area contributed by atoms with Crippen LogP contribution in [0.1, 0.15) is 18.1 Å². The maximum absolute atomic E-state index is 13.2. The molecule has 0 saturated carbocycles. The van der Waals surface area contributed by atoms with E-state index >= 15 is 0 Å². The third-order valence-electron chi connectivity index (χ3n) is 4.93. The van der Waals surface area contributed by atoms with Crippen molar-refractivity contribution in [3.8, 4) is 11.5 Å². The standard InChI is InChI=1S/C26H22N2O4S/c1-2-31-22-10-6-9-20(16-22)28-25(30)23(24(29)27-26(28)33)15-18-11-13-21(14-12-18)32-17-19-7-4-3-5-8-19/h3-16H,2,17H2,1H3,(H,27,29,33). The maximum atomic E-state index is 13.2. The van der Waals surface area contributed by atoms with E-state index in [0.29, 0.717) is 36.0 Å². The minimum atomic E-state index is -0.536. The van der Waals surface area contributed by atoms with Crippen LogP contribution in [-0.4, -0.2) is 23.5 Å². The van der Waals surface area contributed by atoms with E-state index in [0.717, 1.165) is 5.56 Å². The fraction of sp³-hybridized carbons (Fsp3) is 0.115. The van der Waals surface area contributed by atoms with Crippen LogP contribution in [0.3, 0.4) is 0 Å². The molecule has 0 aliphatic carbocycles. The third kappa shape index (κ3) is 5.27. The molecular weight excluding hydrogens is 436 g/mol. The molecule has 4 rings (SSSR count). The summed E-state index contributed by atoms with van der Waals surface area (Å²) in [6.45, 7) is 2.83. The molecule has 1 saturated heterocycles. The highest BCUT2D eigenvalue weighted by molar-refractivity contribution is 7.80. The summed E-state index contributed by atoms with van der Waals surface area (Å²) in [5.41, 5.74) is 2.27. The lowest BCUT2D eigenvalue weighted by molar-refractivity contribution is -0.122. The van der Waals surface area contributed by atoms with Gasteiger partial charge >= 0.3 is 0 Å². The van der Waals surface area contributed by atoms with Crippen molar-refractivity contribution in [2.24, 2.45) is 0 Å². The van der Waals surface area contributed by atoms with Crippen LogP contribution in [0.5, 0.6) is 11.5 Å². The van der Waals surface area contributed by atoms with Crippen molar-refractivity contribution in [2.45, 2.75) is 13.5 Å². The van der Waals surface area contributed by atoms with Gasteiger partial charge < -0.3 is 9.47 Å². The third-order valence-corrected chi connectivity index (χ3v) is 5.21. The number of amides is 2. The summed E-state index contributed by atoms with van der Waals surface area (Å²) in [6, 6.07) is 24.1. The topological polar surface area (TPSA) is 67.9 Å². The van der Waals surface area contributed by atoms with Crippen LogP contribution in [0.15, 0.2) is 84.4 Å². The lowest BCUT2D eigenvalue weighted by atomic mass is 10.1. The van der Waals surface area contributed by atoms with E-state index in [1.54, 1.807) is 54.6 Å². The van der Waals surface area contributed by atoms with Gasteiger partial charge in [-0.25, -0.2) is 0 Å². The van der Waals surface area contributed by atoms with Crippen LogP contribution >= 0.6 is 12.2 Å². The van der Waals surface area contributed by atoms with Crippen molar-refractivity contribution in [3.63, 3.8) is 0 Å². The van der Waals surface area contributed by atoms with Crippen LogP contribution < -0.4 is 19.7 Å². The molecule has 6 nitrogen and oxygen atoms in total. The number of nitrogens with zero attached hydrogens (tertiary/aromatic N) is 1. The van der Waals surface area contributed by atoms with Gasteiger partial charge in [0.05, 0.1) is 12.3 Å². The Hall–Kier alpha value is -3.97. The number of benzene rings is 3. The summed E-state index contributed by atoms with van der Waals surface area (Å²) >= 11 is 5.26. The molecule has 3 aromatic carbocycles.